The molecule has 4 saturated carbocycles. The second-order valence-corrected chi connectivity index (χ2v) is 9.77. The van der Waals surface area contributed by atoms with Crippen LogP contribution in [-0.4, -0.2) is 54.8 Å². The van der Waals surface area contributed by atoms with Crippen molar-refractivity contribution >= 4 is 11.9 Å². The summed E-state index contributed by atoms with van der Waals surface area (Å²) in [4.78, 5) is 24.3. The summed E-state index contributed by atoms with van der Waals surface area (Å²) in [5.74, 6) is -3.32. The van der Waals surface area contributed by atoms with Gasteiger partial charge in [0, 0.05) is 11.8 Å². The number of carboxylic acid groups (broad SMARTS) is 2. The molecule has 4 aliphatic rings. The largest absolute Gasteiger partial charge is 0.481 e. The van der Waals surface area contributed by atoms with Crippen LogP contribution in [0, 0.1) is 28.6 Å². The van der Waals surface area contributed by atoms with Crippen molar-refractivity contribution in [3.05, 3.63) is 0 Å². The lowest BCUT2D eigenvalue weighted by Gasteiger charge is -2.64. The van der Waals surface area contributed by atoms with Gasteiger partial charge in [0.05, 0.1) is 28.6 Å². The van der Waals surface area contributed by atoms with Crippen LogP contribution in [0.5, 0.6) is 0 Å². The maximum absolute atomic E-state index is 12.5. The SMILES string of the molecule is C[C@@]12CC[C@@H]3[C@H](CC[C@@]4(O)C[C@H](O)CC[C@]34C(=O)O)[C@@]1(O)CC[C@H]2C(=O)O. The van der Waals surface area contributed by atoms with E-state index in [1.807, 2.05) is 6.92 Å². The van der Waals surface area contributed by atoms with Crippen molar-refractivity contribution in [1.82, 2.24) is 0 Å². The molecular weight excluding hydrogens is 352 g/mol. The van der Waals surface area contributed by atoms with Gasteiger partial charge < -0.3 is 25.5 Å². The van der Waals surface area contributed by atoms with Gasteiger partial charge in [0.2, 0.25) is 0 Å². The quantitative estimate of drug-likeness (QED) is 0.487. The molecule has 27 heavy (non-hydrogen) atoms. The first kappa shape index (κ1) is 19.2. The predicted octanol–water partition coefficient (Wildman–Crippen LogP) is 1.39. The van der Waals surface area contributed by atoms with Gasteiger partial charge in [-0.3, -0.25) is 9.59 Å². The van der Waals surface area contributed by atoms with E-state index in [1.165, 1.54) is 0 Å². The molecule has 0 amide bonds. The lowest BCUT2D eigenvalue weighted by Crippen LogP contribution is -2.70. The van der Waals surface area contributed by atoms with E-state index in [9.17, 15) is 35.1 Å². The third-order valence-corrected chi connectivity index (χ3v) is 9.10. The van der Waals surface area contributed by atoms with Crippen molar-refractivity contribution in [3.63, 3.8) is 0 Å². The van der Waals surface area contributed by atoms with Crippen LogP contribution in [0.2, 0.25) is 0 Å². The molecule has 7 nitrogen and oxygen atoms in total. The van der Waals surface area contributed by atoms with Crippen LogP contribution in [0.15, 0.2) is 0 Å². The first-order valence-electron chi connectivity index (χ1n) is 10.1. The smallest absolute Gasteiger partial charge is 0.312 e. The molecule has 7 heteroatoms. The van der Waals surface area contributed by atoms with Gasteiger partial charge in [-0.15, -0.1) is 0 Å². The summed E-state index contributed by atoms with van der Waals surface area (Å²) < 4.78 is 0. The van der Waals surface area contributed by atoms with E-state index in [0.717, 1.165) is 0 Å². The molecule has 4 rings (SSSR count). The molecule has 0 aliphatic heterocycles. The van der Waals surface area contributed by atoms with Gasteiger partial charge in [0.25, 0.3) is 0 Å². The Labute approximate surface area is 158 Å². The van der Waals surface area contributed by atoms with Crippen molar-refractivity contribution < 1.29 is 35.1 Å². The van der Waals surface area contributed by atoms with E-state index in [2.05, 4.69) is 0 Å². The molecule has 0 unspecified atom stereocenters. The molecule has 4 aliphatic carbocycles. The molecule has 0 spiro atoms. The van der Waals surface area contributed by atoms with Crippen LogP contribution in [0.4, 0.5) is 0 Å². The van der Waals surface area contributed by atoms with E-state index >= 15 is 0 Å². The van der Waals surface area contributed by atoms with Gasteiger partial charge in [-0.2, -0.15) is 0 Å². The minimum Gasteiger partial charge on any atom is -0.481 e. The summed E-state index contributed by atoms with van der Waals surface area (Å²) in [7, 11) is 0. The number of aliphatic carboxylic acids is 2. The predicted molar refractivity (Wildman–Crippen MR) is 93.7 cm³/mol. The number of fused-ring (bicyclic) bond motifs is 5. The Morgan fingerprint density at radius 1 is 0.889 bits per heavy atom. The normalized spacial score (nSPS) is 54.5. The van der Waals surface area contributed by atoms with E-state index in [-0.39, 0.29) is 25.2 Å². The maximum Gasteiger partial charge on any atom is 0.312 e. The van der Waals surface area contributed by atoms with Gasteiger partial charge in [0.15, 0.2) is 0 Å². The number of hydrogen-bond donors (Lipinski definition) is 5. The van der Waals surface area contributed by atoms with Crippen molar-refractivity contribution in [2.24, 2.45) is 28.6 Å². The second-order valence-electron chi connectivity index (χ2n) is 9.77. The molecule has 0 bridgehead atoms. The molecule has 152 valence electrons. The van der Waals surface area contributed by atoms with Gasteiger partial charge in [-0.1, -0.05) is 6.92 Å². The molecule has 5 N–H and O–H groups in total. The lowest BCUT2D eigenvalue weighted by molar-refractivity contribution is -0.261. The average Bonchev–Trinajstić information content (AvgIpc) is 2.85. The van der Waals surface area contributed by atoms with Gasteiger partial charge >= 0.3 is 11.9 Å². The fourth-order valence-corrected chi connectivity index (χ4v) is 7.70. The molecule has 0 aromatic rings. The number of hydrogen-bond acceptors (Lipinski definition) is 5. The Bertz CT molecular complexity index is 679. The molecule has 0 heterocycles. The first-order valence-corrected chi connectivity index (χ1v) is 10.1. The minimum atomic E-state index is -1.48. The molecule has 8 atom stereocenters. The van der Waals surface area contributed by atoms with Crippen molar-refractivity contribution in [2.45, 2.75) is 82.0 Å². The summed E-state index contributed by atoms with van der Waals surface area (Å²) in [5, 5.41) is 53.0. The summed E-state index contributed by atoms with van der Waals surface area (Å²) in [6.45, 7) is 1.84. The Morgan fingerprint density at radius 2 is 1.56 bits per heavy atom. The molecule has 0 radical (unpaired) electrons. The van der Waals surface area contributed by atoms with E-state index in [0.29, 0.717) is 38.5 Å². The van der Waals surface area contributed by atoms with Crippen molar-refractivity contribution in [1.29, 1.82) is 0 Å². The van der Waals surface area contributed by atoms with Crippen LogP contribution >= 0.6 is 0 Å². The zero-order valence-electron chi connectivity index (χ0n) is 15.7. The summed E-state index contributed by atoms with van der Waals surface area (Å²) >= 11 is 0. The van der Waals surface area contributed by atoms with Crippen LogP contribution < -0.4 is 0 Å². The fraction of sp³-hybridized carbons (Fsp3) is 0.900. The third kappa shape index (κ3) is 2.13. The number of rotatable bonds is 2. The van der Waals surface area contributed by atoms with Crippen molar-refractivity contribution in [3.8, 4) is 0 Å². The molecule has 0 aromatic heterocycles. The topological polar surface area (TPSA) is 135 Å². The fourth-order valence-electron chi connectivity index (χ4n) is 7.70. The molecule has 4 fully saturated rings. The number of carboxylic acids is 2. The standard InChI is InChI=1S/C20H30O7/c1-17-6-3-12-13(20(17,27)9-5-14(17)15(22)23)4-7-18(26)10-11(21)2-8-19(12,18)16(24)25/h11-14,21,26-27H,2-10H2,1H3,(H,22,23)(H,24,25)/t11-,12-,13+,14+,17+,18-,19-,20+/m1/s1. The van der Waals surface area contributed by atoms with Gasteiger partial charge in [-0.05, 0) is 63.2 Å². The second kappa shape index (κ2) is 5.67. The zero-order chi connectivity index (χ0) is 19.8. The highest BCUT2D eigenvalue weighted by Crippen LogP contribution is 2.69. The minimum absolute atomic E-state index is 0.0516. The number of carbonyl (C=O) groups is 2. The van der Waals surface area contributed by atoms with E-state index in [1.54, 1.807) is 0 Å². The monoisotopic (exact) mass is 382 g/mol. The number of aliphatic hydroxyl groups excluding tert-OH is 1. The summed E-state index contributed by atoms with van der Waals surface area (Å²) in [6, 6.07) is 0. The van der Waals surface area contributed by atoms with E-state index in [4.69, 9.17) is 0 Å². The lowest BCUT2D eigenvalue weighted by atomic mass is 9.41. The average molecular weight is 382 g/mol. The Kier molecular flexibility index (Phi) is 4.02. The van der Waals surface area contributed by atoms with Gasteiger partial charge in [0.1, 0.15) is 0 Å². The van der Waals surface area contributed by atoms with E-state index < -0.39 is 51.9 Å². The third-order valence-electron chi connectivity index (χ3n) is 9.10. The highest BCUT2D eigenvalue weighted by Gasteiger charge is 2.73. The summed E-state index contributed by atoms with van der Waals surface area (Å²) in [6.07, 6.45) is 2.21. The zero-order valence-corrected chi connectivity index (χ0v) is 15.7. The molecule has 0 saturated heterocycles. The van der Waals surface area contributed by atoms with Crippen LogP contribution in [0.25, 0.3) is 0 Å². The maximum atomic E-state index is 12.5. The Balaban J connectivity index is 1.78. The first-order chi connectivity index (χ1) is 12.5. The van der Waals surface area contributed by atoms with Crippen LogP contribution in [0.3, 0.4) is 0 Å². The van der Waals surface area contributed by atoms with Crippen molar-refractivity contribution in [2.75, 3.05) is 0 Å². The molecule has 0 aromatic carbocycles. The van der Waals surface area contributed by atoms with Crippen LogP contribution in [0.1, 0.15) is 64.7 Å². The highest BCUT2D eigenvalue weighted by molar-refractivity contribution is 5.78. The Morgan fingerprint density at radius 3 is 2.19 bits per heavy atom. The summed E-state index contributed by atoms with van der Waals surface area (Å²) in [5.41, 5.74) is -4.86. The molecular formula is C20H30O7. The van der Waals surface area contributed by atoms with Crippen LogP contribution in [-0.2, 0) is 9.59 Å². The van der Waals surface area contributed by atoms with Gasteiger partial charge in [-0.25, -0.2) is 0 Å². The Hall–Kier alpha value is -1.18. The number of aliphatic hydroxyl groups is 3. The highest BCUT2D eigenvalue weighted by atomic mass is 16.4.